The lowest BCUT2D eigenvalue weighted by Gasteiger charge is -2.31. The number of benzene rings is 1. The van der Waals surface area contributed by atoms with Gasteiger partial charge >= 0.3 is 6.18 Å². The number of alkyl halides is 3. The smallest absolute Gasteiger partial charge is 0.367 e. The maximum Gasteiger partial charge on any atom is 0.416 e. The second-order valence-corrected chi connectivity index (χ2v) is 4.80. The van der Waals surface area contributed by atoms with E-state index in [1.165, 1.54) is 0 Å². The number of amides is 1. The summed E-state index contributed by atoms with van der Waals surface area (Å²) >= 11 is 0. The van der Waals surface area contributed by atoms with Gasteiger partial charge in [0.2, 0.25) is 5.91 Å². The van der Waals surface area contributed by atoms with Gasteiger partial charge in [0.15, 0.2) is 0 Å². The number of ether oxygens (including phenoxy) is 1. The van der Waals surface area contributed by atoms with Crippen molar-refractivity contribution in [3.63, 3.8) is 0 Å². The third-order valence-electron chi connectivity index (χ3n) is 3.24. The summed E-state index contributed by atoms with van der Waals surface area (Å²) in [5, 5.41) is 0. The van der Waals surface area contributed by atoms with E-state index in [2.05, 4.69) is 0 Å². The molecule has 0 radical (unpaired) electrons. The lowest BCUT2D eigenvalue weighted by molar-refractivity contribution is -0.140. The number of morpholine rings is 1. The van der Waals surface area contributed by atoms with Crippen LogP contribution in [0.15, 0.2) is 18.2 Å². The van der Waals surface area contributed by atoms with E-state index in [0.717, 1.165) is 12.1 Å². The molecule has 0 aromatic heterocycles. The summed E-state index contributed by atoms with van der Waals surface area (Å²) in [5.41, 5.74) is 4.06. The largest absolute Gasteiger partial charge is 0.416 e. The van der Waals surface area contributed by atoms with Crippen LogP contribution in [0.3, 0.4) is 0 Å². The quantitative estimate of drug-likeness (QED) is 0.862. The lowest BCUT2D eigenvalue weighted by atomic mass is 10.1. The van der Waals surface area contributed by atoms with Gasteiger partial charge in [0, 0.05) is 19.6 Å². The van der Waals surface area contributed by atoms with Gasteiger partial charge in [0.05, 0.1) is 12.2 Å². The number of carbonyl (C=O) groups is 1. The zero-order valence-corrected chi connectivity index (χ0v) is 11.0. The van der Waals surface area contributed by atoms with Crippen molar-refractivity contribution in [2.24, 2.45) is 5.73 Å². The molecule has 1 amide bonds. The van der Waals surface area contributed by atoms with Crippen molar-refractivity contribution in [3.05, 3.63) is 35.1 Å². The highest BCUT2D eigenvalue weighted by atomic mass is 19.4. The molecular formula is C13H14F4N2O2. The average molecular weight is 306 g/mol. The van der Waals surface area contributed by atoms with Crippen LogP contribution in [-0.4, -0.2) is 36.6 Å². The molecular weight excluding hydrogens is 292 g/mol. The first-order chi connectivity index (χ1) is 9.77. The number of hydrogen-bond acceptors (Lipinski definition) is 3. The van der Waals surface area contributed by atoms with E-state index in [0.29, 0.717) is 12.6 Å². The van der Waals surface area contributed by atoms with Crippen LogP contribution in [0.2, 0.25) is 0 Å². The van der Waals surface area contributed by atoms with Crippen LogP contribution in [0.25, 0.3) is 0 Å². The third kappa shape index (κ3) is 3.92. The minimum Gasteiger partial charge on any atom is -0.367 e. The summed E-state index contributed by atoms with van der Waals surface area (Å²) in [7, 11) is 0. The molecule has 0 unspecified atom stereocenters. The zero-order chi connectivity index (χ0) is 15.6. The van der Waals surface area contributed by atoms with Gasteiger partial charge in [-0.3, -0.25) is 9.69 Å². The summed E-state index contributed by atoms with van der Waals surface area (Å²) in [6, 6.07) is 2.56. The number of rotatable bonds is 3. The number of hydrogen-bond donors (Lipinski definition) is 1. The Labute approximate surface area is 118 Å². The van der Waals surface area contributed by atoms with E-state index >= 15 is 0 Å². The fourth-order valence-corrected chi connectivity index (χ4v) is 2.21. The molecule has 1 heterocycles. The van der Waals surface area contributed by atoms with Gasteiger partial charge in [0.1, 0.15) is 11.9 Å². The van der Waals surface area contributed by atoms with Crippen molar-refractivity contribution in [3.8, 4) is 0 Å². The van der Waals surface area contributed by atoms with Gasteiger partial charge in [-0.2, -0.15) is 13.2 Å². The Morgan fingerprint density at radius 1 is 1.43 bits per heavy atom. The molecule has 0 aliphatic carbocycles. The van der Waals surface area contributed by atoms with E-state index in [1.54, 1.807) is 4.90 Å². The van der Waals surface area contributed by atoms with Gasteiger partial charge in [-0.15, -0.1) is 0 Å². The molecule has 2 N–H and O–H groups in total. The molecule has 1 atom stereocenters. The molecule has 116 valence electrons. The van der Waals surface area contributed by atoms with Gasteiger partial charge < -0.3 is 10.5 Å². The standard InChI is InChI=1S/C13H14F4N2O2/c14-9-2-1-8(10(5-9)13(15,16)17)6-19-3-4-21-11(7-19)12(18)20/h1-2,5,11H,3-4,6-7H2,(H2,18,20)/t11-/m0/s1. The Balaban J connectivity index is 2.18. The van der Waals surface area contributed by atoms with Gasteiger partial charge in [-0.05, 0) is 17.7 Å². The second-order valence-electron chi connectivity index (χ2n) is 4.80. The van der Waals surface area contributed by atoms with Gasteiger partial charge in [0.25, 0.3) is 0 Å². The second kappa shape index (κ2) is 5.98. The molecule has 1 aliphatic heterocycles. The van der Waals surface area contributed by atoms with Gasteiger partial charge in [-0.1, -0.05) is 6.07 Å². The van der Waals surface area contributed by atoms with Crippen molar-refractivity contribution < 1.29 is 27.1 Å². The molecule has 0 spiro atoms. The molecule has 1 aliphatic rings. The van der Waals surface area contributed by atoms with Crippen molar-refractivity contribution in [2.45, 2.75) is 18.8 Å². The molecule has 1 saturated heterocycles. The highest BCUT2D eigenvalue weighted by molar-refractivity contribution is 5.79. The summed E-state index contributed by atoms with van der Waals surface area (Å²) in [4.78, 5) is 12.7. The van der Waals surface area contributed by atoms with Crippen LogP contribution in [0, 0.1) is 5.82 Å². The molecule has 1 aromatic carbocycles. The Morgan fingerprint density at radius 3 is 2.76 bits per heavy atom. The van der Waals surface area contributed by atoms with E-state index < -0.39 is 29.6 Å². The first-order valence-corrected chi connectivity index (χ1v) is 6.26. The summed E-state index contributed by atoms with van der Waals surface area (Å²) < 4.78 is 56.9. The fraction of sp³-hybridized carbons (Fsp3) is 0.462. The van der Waals surface area contributed by atoms with Crippen LogP contribution >= 0.6 is 0 Å². The number of nitrogens with zero attached hydrogens (tertiary/aromatic N) is 1. The number of halogens is 4. The van der Waals surface area contributed by atoms with Crippen molar-refractivity contribution in [1.29, 1.82) is 0 Å². The fourth-order valence-electron chi connectivity index (χ4n) is 2.21. The lowest BCUT2D eigenvalue weighted by Crippen LogP contribution is -2.48. The molecule has 21 heavy (non-hydrogen) atoms. The van der Waals surface area contributed by atoms with Crippen LogP contribution in [-0.2, 0) is 22.3 Å². The van der Waals surface area contributed by atoms with Gasteiger partial charge in [-0.25, -0.2) is 4.39 Å². The average Bonchev–Trinajstić information content (AvgIpc) is 2.40. The normalized spacial score (nSPS) is 20.5. The molecule has 4 nitrogen and oxygen atoms in total. The zero-order valence-electron chi connectivity index (χ0n) is 11.0. The first-order valence-electron chi connectivity index (χ1n) is 6.26. The maximum absolute atomic E-state index is 13.0. The number of primary amides is 1. The Morgan fingerprint density at radius 2 is 2.14 bits per heavy atom. The summed E-state index contributed by atoms with van der Waals surface area (Å²) in [6.45, 7) is 0.640. The highest BCUT2D eigenvalue weighted by Crippen LogP contribution is 2.33. The molecule has 1 aromatic rings. The summed E-state index contributed by atoms with van der Waals surface area (Å²) in [6.07, 6.45) is -5.47. The topological polar surface area (TPSA) is 55.6 Å². The Hall–Kier alpha value is -1.67. The SMILES string of the molecule is NC(=O)[C@@H]1CN(Cc2ccc(F)cc2C(F)(F)F)CCO1. The molecule has 8 heteroatoms. The molecule has 1 fully saturated rings. The highest BCUT2D eigenvalue weighted by Gasteiger charge is 2.34. The molecule has 0 bridgehead atoms. The minimum atomic E-state index is -4.63. The predicted molar refractivity (Wildman–Crippen MR) is 65.6 cm³/mol. The number of carbonyl (C=O) groups excluding carboxylic acids is 1. The maximum atomic E-state index is 13.0. The monoisotopic (exact) mass is 306 g/mol. The van der Waals surface area contributed by atoms with Crippen LogP contribution in [0.4, 0.5) is 17.6 Å². The van der Waals surface area contributed by atoms with Crippen molar-refractivity contribution in [2.75, 3.05) is 19.7 Å². The molecule has 0 saturated carbocycles. The van der Waals surface area contributed by atoms with Crippen LogP contribution in [0.1, 0.15) is 11.1 Å². The van der Waals surface area contributed by atoms with Crippen molar-refractivity contribution in [1.82, 2.24) is 4.90 Å². The molecule has 2 rings (SSSR count). The minimum absolute atomic E-state index is 0.0472. The van der Waals surface area contributed by atoms with Crippen molar-refractivity contribution >= 4 is 5.91 Å². The third-order valence-corrected chi connectivity index (χ3v) is 3.24. The van der Waals surface area contributed by atoms with Crippen LogP contribution in [0.5, 0.6) is 0 Å². The first kappa shape index (κ1) is 15.7. The van der Waals surface area contributed by atoms with E-state index in [9.17, 15) is 22.4 Å². The Kier molecular flexibility index (Phi) is 4.48. The summed E-state index contributed by atoms with van der Waals surface area (Å²) in [5.74, 6) is -1.60. The Bertz CT molecular complexity index is 533. The number of nitrogens with two attached hydrogens (primary N) is 1. The predicted octanol–water partition coefficient (Wildman–Crippen LogP) is 1.53. The van der Waals surface area contributed by atoms with E-state index in [1.807, 2.05) is 0 Å². The van der Waals surface area contributed by atoms with E-state index in [-0.39, 0.29) is 25.3 Å². The van der Waals surface area contributed by atoms with E-state index in [4.69, 9.17) is 10.5 Å². The van der Waals surface area contributed by atoms with Crippen LogP contribution < -0.4 is 5.73 Å².